The fourth-order valence-electron chi connectivity index (χ4n) is 1.82. The van der Waals surface area contributed by atoms with Gasteiger partial charge in [0, 0.05) is 17.3 Å². The van der Waals surface area contributed by atoms with Crippen LogP contribution in [0.5, 0.6) is 0 Å². The maximum atomic E-state index is 5.65. The van der Waals surface area contributed by atoms with Crippen molar-refractivity contribution in [1.29, 1.82) is 0 Å². The van der Waals surface area contributed by atoms with Crippen molar-refractivity contribution in [1.82, 2.24) is 9.97 Å². The number of unbranched alkanes of at least 4 members (excludes halogenated alkanes) is 2. The van der Waals surface area contributed by atoms with E-state index in [2.05, 4.69) is 28.3 Å². The molecule has 0 unspecified atom stereocenters. The molecule has 2 aromatic heterocycles. The van der Waals surface area contributed by atoms with Gasteiger partial charge in [-0.25, -0.2) is 9.97 Å². The Morgan fingerprint density at radius 2 is 2.17 bits per heavy atom. The van der Waals surface area contributed by atoms with Gasteiger partial charge in [0.05, 0.1) is 5.39 Å². The summed E-state index contributed by atoms with van der Waals surface area (Å²) in [6, 6.07) is 2.20. The lowest BCUT2D eigenvalue weighted by Gasteiger charge is -2.05. The highest BCUT2D eigenvalue weighted by atomic mass is 35.5. The summed E-state index contributed by atoms with van der Waals surface area (Å²) in [7, 11) is 0. The molecule has 1 N–H and O–H groups in total. The van der Waals surface area contributed by atoms with Gasteiger partial charge in [0.15, 0.2) is 0 Å². The van der Waals surface area contributed by atoms with Gasteiger partial charge in [-0.05, 0) is 25.3 Å². The fraction of sp³-hybridized carbons (Fsp3) is 0.538. The predicted molar refractivity (Wildman–Crippen MR) is 79.9 cm³/mol. The van der Waals surface area contributed by atoms with Crippen molar-refractivity contribution >= 4 is 39.0 Å². The maximum Gasteiger partial charge on any atom is 0.138 e. The summed E-state index contributed by atoms with van der Waals surface area (Å²) in [6.07, 6.45) is 6.06. The monoisotopic (exact) mass is 283 g/mol. The highest BCUT2D eigenvalue weighted by molar-refractivity contribution is 7.18. The zero-order valence-electron chi connectivity index (χ0n) is 10.6. The van der Waals surface area contributed by atoms with Crippen LogP contribution in [0.4, 0.5) is 5.82 Å². The molecule has 18 heavy (non-hydrogen) atoms. The molecule has 0 saturated heterocycles. The number of fused-ring (bicyclic) bond motifs is 1. The largest absolute Gasteiger partial charge is 0.369 e. The lowest BCUT2D eigenvalue weighted by Crippen LogP contribution is -2.03. The number of hydrogen-bond donors (Lipinski definition) is 1. The number of aryl methyl sites for hydroxylation is 1. The molecule has 0 aliphatic heterocycles. The molecule has 0 saturated carbocycles. The molecule has 2 heterocycles. The van der Waals surface area contributed by atoms with Gasteiger partial charge >= 0.3 is 0 Å². The minimum absolute atomic E-state index is 0.752. The van der Waals surface area contributed by atoms with Gasteiger partial charge in [0.1, 0.15) is 17.0 Å². The number of halogens is 1. The van der Waals surface area contributed by atoms with Crippen LogP contribution in [0.1, 0.15) is 31.1 Å². The number of aromatic nitrogens is 2. The van der Waals surface area contributed by atoms with Crippen molar-refractivity contribution in [3.8, 4) is 0 Å². The van der Waals surface area contributed by atoms with E-state index in [4.69, 9.17) is 11.6 Å². The van der Waals surface area contributed by atoms with Crippen molar-refractivity contribution in [2.75, 3.05) is 17.7 Å². The first-order valence-corrected chi connectivity index (χ1v) is 7.73. The van der Waals surface area contributed by atoms with Crippen LogP contribution in [0.25, 0.3) is 10.2 Å². The second-order valence-electron chi connectivity index (χ2n) is 4.18. The van der Waals surface area contributed by atoms with Gasteiger partial charge in [-0.3, -0.25) is 0 Å². The number of alkyl halides is 1. The standard InChI is InChI=1S/C13H18ClN3S/c1-2-10-8-11-12(15-7-5-3-4-6-14)16-9-17-13(11)18-10/h8-9H,2-7H2,1H3,(H,15,16,17). The van der Waals surface area contributed by atoms with Crippen molar-refractivity contribution in [2.45, 2.75) is 32.6 Å². The van der Waals surface area contributed by atoms with E-state index < -0.39 is 0 Å². The third-order valence-corrected chi connectivity index (χ3v) is 4.29. The van der Waals surface area contributed by atoms with Gasteiger partial charge in [-0.15, -0.1) is 22.9 Å². The quantitative estimate of drug-likeness (QED) is 0.615. The molecule has 0 aliphatic rings. The van der Waals surface area contributed by atoms with E-state index in [0.717, 1.165) is 54.1 Å². The van der Waals surface area contributed by atoms with Gasteiger partial charge in [0.25, 0.3) is 0 Å². The Morgan fingerprint density at radius 3 is 2.94 bits per heavy atom. The molecule has 0 amide bonds. The van der Waals surface area contributed by atoms with Gasteiger partial charge in [-0.2, -0.15) is 0 Å². The summed E-state index contributed by atoms with van der Waals surface area (Å²) >= 11 is 7.40. The summed E-state index contributed by atoms with van der Waals surface area (Å²) in [5, 5.41) is 4.55. The number of nitrogens with one attached hydrogen (secondary N) is 1. The van der Waals surface area contributed by atoms with E-state index in [-0.39, 0.29) is 0 Å². The zero-order valence-corrected chi connectivity index (χ0v) is 12.2. The number of anilines is 1. The van der Waals surface area contributed by atoms with Gasteiger partial charge in [0.2, 0.25) is 0 Å². The van der Waals surface area contributed by atoms with Crippen LogP contribution in [0.3, 0.4) is 0 Å². The van der Waals surface area contributed by atoms with E-state index in [1.807, 2.05) is 0 Å². The molecule has 5 heteroatoms. The predicted octanol–water partition coefficient (Wildman–Crippen LogP) is 4.07. The highest BCUT2D eigenvalue weighted by Gasteiger charge is 2.07. The Balaban J connectivity index is 2.01. The molecule has 2 rings (SSSR count). The molecule has 2 aromatic rings. The van der Waals surface area contributed by atoms with Crippen LogP contribution >= 0.6 is 22.9 Å². The normalized spacial score (nSPS) is 11.0. The second-order valence-corrected chi connectivity index (χ2v) is 5.68. The Labute approximate surface area is 117 Å². The fourth-order valence-corrected chi connectivity index (χ4v) is 2.95. The zero-order chi connectivity index (χ0) is 12.8. The van der Waals surface area contributed by atoms with E-state index in [1.54, 1.807) is 17.7 Å². The van der Waals surface area contributed by atoms with Gasteiger partial charge in [-0.1, -0.05) is 13.3 Å². The Morgan fingerprint density at radius 1 is 1.28 bits per heavy atom. The first kappa shape index (κ1) is 13.6. The summed E-state index contributed by atoms with van der Waals surface area (Å²) < 4.78 is 0. The van der Waals surface area contributed by atoms with Crippen LogP contribution in [0.2, 0.25) is 0 Å². The van der Waals surface area contributed by atoms with Crippen LogP contribution < -0.4 is 5.32 Å². The smallest absolute Gasteiger partial charge is 0.138 e. The number of hydrogen-bond acceptors (Lipinski definition) is 4. The lowest BCUT2D eigenvalue weighted by molar-refractivity contribution is 0.746. The number of rotatable bonds is 7. The third-order valence-electron chi connectivity index (χ3n) is 2.83. The average molecular weight is 284 g/mol. The first-order chi connectivity index (χ1) is 8.85. The maximum absolute atomic E-state index is 5.65. The van der Waals surface area contributed by atoms with Crippen molar-refractivity contribution in [3.63, 3.8) is 0 Å². The molecule has 0 radical (unpaired) electrons. The summed E-state index contributed by atoms with van der Waals surface area (Å²) in [6.45, 7) is 3.11. The van der Waals surface area contributed by atoms with E-state index in [9.17, 15) is 0 Å². The molecule has 0 aromatic carbocycles. The third kappa shape index (κ3) is 3.33. The lowest BCUT2D eigenvalue weighted by atomic mass is 10.2. The van der Waals surface area contributed by atoms with E-state index in [0.29, 0.717) is 0 Å². The summed E-state index contributed by atoms with van der Waals surface area (Å²) in [5.41, 5.74) is 0. The molecular formula is C13H18ClN3S. The first-order valence-electron chi connectivity index (χ1n) is 6.38. The molecule has 0 fully saturated rings. The summed E-state index contributed by atoms with van der Waals surface area (Å²) in [4.78, 5) is 11.1. The molecule has 3 nitrogen and oxygen atoms in total. The molecular weight excluding hydrogens is 266 g/mol. The SMILES string of the molecule is CCc1cc2c(NCCCCCCl)ncnc2s1. The van der Waals surface area contributed by atoms with Crippen LogP contribution in [0.15, 0.2) is 12.4 Å². The minimum Gasteiger partial charge on any atom is -0.369 e. The van der Waals surface area contributed by atoms with Crippen molar-refractivity contribution < 1.29 is 0 Å². The van der Waals surface area contributed by atoms with Crippen LogP contribution in [-0.2, 0) is 6.42 Å². The molecule has 0 atom stereocenters. The van der Waals surface area contributed by atoms with Crippen LogP contribution in [-0.4, -0.2) is 22.4 Å². The molecule has 98 valence electrons. The number of thiophene rings is 1. The number of nitrogens with zero attached hydrogens (tertiary/aromatic N) is 2. The Kier molecular flexibility index (Phi) is 5.20. The van der Waals surface area contributed by atoms with Gasteiger partial charge < -0.3 is 5.32 Å². The topological polar surface area (TPSA) is 37.8 Å². The molecule has 0 aliphatic carbocycles. The second kappa shape index (κ2) is 6.90. The van der Waals surface area contributed by atoms with E-state index in [1.165, 1.54) is 4.88 Å². The minimum atomic E-state index is 0.752. The average Bonchev–Trinajstić information content (AvgIpc) is 2.82. The molecule has 0 spiro atoms. The van der Waals surface area contributed by atoms with Crippen molar-refractivity contribution in [2.24, 2.45) is 0 Å². The van der Waals surface area contributed by atoms with E-state index >= 15 is 0 Å². The molecule has 0 bridgehead atoms. The highest BCUT2D eigenvalue weighted by Crippen LogP contribution is 2.28. The Bertz CT molecular complexity index is 498. The Hall–Kier alpha value is -0.870. The van der Waals surface area contributed by atoms with Crippen LogP contribution in [0, 0.1) is 0 Å². The van der Waals surface area contributed by atoms with Crippen molar-refractivity contribution in [3.05, 3.63) is 17.3 Å². The summed E-state index contributed by atoms with van der Waals surface area (Å²) in [5.74, 6) is 1.71.